The second kappa shape index (κ2) is 8.80. The van der Waals surface area contributed by atoms with E-state index < -0.39 is 10.0 Å². The van der Waals surface area contributed by atoms with Crippen molar-refractivity contribution in [2.75, 3.05) is 11.4 Å². The SMILES string of the molecule is CC(C)c1ccc(CNC(=O)c2ccc(N(C)S(=O)(=O)c3cccs3)cc2)cc1. The maximum absolute atomic E-state index is 12.6. The Kier molecular flexibility index (Phi) is 6.39. The van der Waals surface area contributed by atoms with Gasteiger partial charge in [-0.15, -0.1) is 11.3 Å². The van der Waals surface area contributed by atoms with Crippen LogP contribution in [0.15, 0.2) is 70.3 Å². The molecule has 0 aliphatic rings. The predicted molar refractivity (Wildman–Crippen MR) is 118 cm³/mol. The third-order valence-corrected chi connectivity index (χ3v) is 7.86. The van der Waals surface area contributed by atoms with Crippen LogP contribution in [0.2, 0.25) is 0 Å². The van der Waals surface area contributed by atoms with E-state index in [-0.39, 0.29) is 10.1 Å². The first-order chi connectivity index (χ1) is 13.8. The number of thiophene rings is 1. The summed E-state index contributed by atoms with van der Waals surface area (Å²) in [5.41, 5.74) is 3.27. The van der Waals surface area contributed by atoms with Crippen molar-refractivity contribution < 1.29 is 13.2 Å². The van der Waals surface area contributed by atoms with Gasteiger partial charge >= 0.3 is 0 Å². The molecule has 1 aromatic heterocycles. The Balaban J connectivity index is 1.64. The first-order valence-corrected chi connectivity index (χ1v) is 11.6. The number of carbonyl (C=O) groups excluding carboxylic acids is 1. The average Bonchev–Trinajstić information content (AvgIpc) is 3.27. The molecule has 1 heterocycles. The summed E-state index contributed by atoms with van der Waals surface area (Å²) in [6.07, 6.45) is 0. The highest BCUT2D eigenvalue weighted by molar-refractivity contribution is 7.94. The van der Waals surface area contributed by atoms with Crippen molar-refractivity contribution >= 4 is 33.0 Å². The van der Waals surface area contributed by atoms with Crippen molar-refractivity contribution in [1.82, 2.24) is 5.32 Å². The number of hydrogen-bond acceptors (Lipinski definition) is 4. The molecule has 0 fully saturated rings. The van der Waals surface area contributed by atoms with Gasteiger partial charge in [0, 0.05) is 19.2 Å². The molecule has 0 saturated carbocycles. The minimum absolute atomic E-state index is 0.201. The van der Waals surface area contributed by atoms with E-state index in [2.05, 4.69) is 31.3 Å². The van der Waals surface area contributed by atoms with E-state index >= 15 is 0 Å². The maximum Gasteiger partial charge on any atom is 0.273 e. The highest BCUT2D eigenvalue weighted by Crippen LogP contribution is 2.25. The van der Waals surface area contributed by atoms with Gasteiger partial charge in [-0.05, 0) is 52.8 Å². The van der Waals surface area contributed by atoms with Crippen LogP contribution in [0.1, 0.15) is 41.3 Å². The first kappa shape index (κ1) is 21.1. The quantitative estimate of drug-likeness (QED) is 0.597. The molecule has 7 heteroatoms. The summed E-state index contributed by atoms with van der Waals surface area (Å²) in [7, 11) is -2.08. The normalized spacial score (nSPS) is 11.4. The van der Waals surface area contributed by atoms with Crippen molar-refractivity contribution in [2.45, 2.75) is 30.5 Å². The molecule has 3 rings (SSSR count). The van der Waals surface area contributed by atoms with E-state index in [1.165, 1.54) is 28.3 Å². The minimum atomic E-state index is -3.59. The van der Waals surface area contributed by atoms with Crippen LogP contribution in [0.25, 0.3) is 0 Å². The molecule has 5 nitrogen and oxygen atoms in total. The van der Waals surface area contributed by atoms with E-state index in [9.17, 15) is 13.2 Å². The van der Waals surface area contributed by atoms with Gasteiger partial charge in [-0.3, -0.25) is 9.10 Å². The molecule has 1 N–H and O–H groups in total. The van der Waals surface area contributed by atoms with Crippen LogP contribution in [-0.4, -0.2) is 21.4 Å². The summed E-state index contributed by atoms with van der Waals surface area (Å²) in [4.78, 5) is 12.4. The Morgan fingerprint density at radius 3 is 2.24 bits per heavy atom. The van der Waals surface area contributed by atoms with Crippen LogP contribution in [0.4, 0.5) is 5.69 Å². The fraction of sp³-hybridized carbons (Fsp3) is 0.227. The summed E-state index contributed by atoms with van der Waals surface area (Å²) in [5, 5.41) is 4.62. The second-order valence-electron chi connectivity index (χ2n) is 7.03. The summed E-state index contributed by atoms with van der Waals surface area (Å²) >= 11 is 1.17. The van der Waals surface area contributed by atoms with Crippen LogP contribution in [0, 0.1) is 0 Å². The van der Waals surface area contributed by atoms with Crippen molar-refractivity contribution in [3.05, 3.63) is 82.7 Å². The predicted octanol–water partition coefficient (Wildman–Crippen LogP) is 4.63. The molecule has 0 aliphatic heterocycles. The Morgan fingerprint density at radius 1 is 1.03 bits per heavy atom. The smallest absolute Gasteiger partial charge is 0.273 e. The average molecular weight is 429 g/mol. The summed E-state index contributed by atoms with van der Waals surface area (Å²) in [5.74, 6) is 0.271. The number of amides is 1. The van der Waals surface area contributed by atoms with Gasteiger partial charge in [0.2, 0.25) is 0 Å². The highest BCUT2D eigenvalue weighted by atomic mass is 32.2. The Hall–Kier alpha value is -2.64. The molecule has 29 heavy (non-hydrogen) atoms. The molecule has 1 amide bonds. The molecule has 0 unspecified atom stereocenters. The van der Waals surface area contributed by atoms with Crippen LogP contribution in [-0.2, 0) is 16.6 Å². The number of nitrogens with one attached hydrogen (secondary N) is 1. The Labute approximate surface area is 176 Å². The molecular weight excluding hydrogens is 404 g/mol. The van der Waals surface area contributed by atoms with E-state index in [4.69, 9.17) is 0 Å². The zero-order chi connectivity index (χ0) is 21.0. The van der Waals surface area contributed by atoms with E-state index in [1.807, 2.05) is 12.1 Å². The molecule has 0 spiro atoms. The molecular formula is C22H24N2O3S2. The lowest BCUT2D eigenvalue weighted by molar-refractivity contribution is 0.0951. The minimum Gasteiger partial charge on any atom is -0.348 e. The standard InChI is InChI=1S/C22H24N2O3S2/c1-16(2)18-8-6-17(7-9-18)15-23-22(25)19-10-12-20(13-11-19)24(3)29(26,27)21-5-4-14-28-21/h4-14,16H,15H2,1-3H3,(H,23,25). The van der Waals surface area contributed by atoms with E-state index in [0.29, 0.717) is 23.7 Å². The number of hydrogen-bond donors (Lipinski definition) is 1. The van der Waals surface area contributed by atoms with Gasteiger partial charge in [-0.2, -0.15) is 0 Å². The second-order valence-corrected chi connectivity index (χ2v) is 10.2. The maximum atomic E-state index is 12.6. The molecule has 2 aromatic carbocycles. The van der Waals surface area contributed by atoms with Gasteiger partial charge in [0.15, 0.2) is 0 Å². The van der Waals surface area contributed by atoms with Gasteiger partial charge < -0.3 is 5.32 Å². The molecule has 152 valence electrons. The van der Waals surface area contributed by atoms with Crippen molar-refractivity contribution in [2.24, 2.45) is 0 Å². The summed E-state index contributed by atoms with van der Waals surface area (Å²) < 4.78 is 26.7. The van der Waals surface area contributed by atoms with Crippen molar-refractivity contribution in [3.8, 4) is 0 Å². The fourth-order valence-electron chi connectivity index (χ4n) is 2.81. The van der Waals surface area contributed by atoms with E-state index in [1.54, 1.807) is 41.8 Å². The lowest BCUT2D eigenvalue weighted by Gasteiger charge is -2.18. The number of anilines is 1. The van der Waals surface area contributed by atoms with Crippen LogP contribution in [0.5, 0.6) is 0 Å². The number of rotatable bonds is 7. The van der Waals surface area contributed by atoms with Crippen molar-refractivity contribution in [3.63, 3.8) is 0 Å². The first-order valence-electron chi connectivity index (χ1n) is 9.28. The largest absolute Gasteiger partial charge is 0.348 e. The topological polar surface area (TPSA) is 66.5 Å². The molecule has 0 atom stereocenters. The van der Waals surface area contributed by atoms with Gasteiger partial charge in [0.05, 0.1) is 5.69 Å². The third kappa shape index (κ3) is 4.86. The van der Waals surface area contributed by atoms with Gasteiger partial charge in [0.1, 0.15) is 4.21 Å². The zero-order valence-electron chi connectivity index (χ0n) is 16.6. The summed E-state index contributed by atoms with van der Waals surface area (Å²) in [6.45, 7) is 4.72. The Morgan fingerprint density at radius 2 is 1.69 bits per heavy atom. The molecule has 0 aliphatic carbocycles. The third-order valence-electron chi connectivity index (χ3n) is 4.70. The van der Waals surface area contributed by atoms with Gasteiger partial charge in [-0.25, -0.2) is 8.42 Å². The van der Waals surface area contributed by atoms with Crippen LogP contribution in [0.3, 0.4) is 0 Å². The molecule has 0 saturated heterocycles. The number of sulfonamides is 1. The molecule has 3 aromatic rings. The number of carbonyl (C=O) groups is 1. The lowest BCUT2D eigenvalue weighted by Crippen LogP contribution is -2.26. The number of benzene rings is 2. The van der Waals surface area contributed by atoms with Crippen molar-refractivity contribution in [1.29, 1.82) is 0 Å². The van der Waals surface area contributed by atoms with E-state index in [0.717, 1.165) is 5.56 Å². The fourth-order valence-corrected chi connectivity index (χ4v) is 5.17. The summed E-state index contributed by atoms with van der Waals surface area (Å²) in [6, 6.07) is 18.0. The van der Waals surface area contributed by atoms with Crippen LogP contribution >= 0.6 is 11.3 Å². The highest BCUT2D eigenvalue weighted by Gasteiger charge is 2.22. The van der Waals surface area contributed by atoms with Crippen LogP contribution < -0.4 is 9.62 Å². The molecule has 0 bridgehead atoms. The Bertz CT molecular complexity index is 1060. The number of nitrogens with zero attached hydrogens (tertiary/aromatic N) is 1. The zero-order valence-corrected chi connectivity index (χ0v) is 18.3. The molecule has 0 radical (unpaired) electrons. The van der Waals surface area contributed by atoms with Gasteiger partial charge in [-0.1, -0.05) is 44.2 Å². The lowest BCUT2D eigenvalue weighted by atomic mass is 10.0. The monoisotopic (exact) mass is 428 g/mol. The van der Waals surface area contributed by atoms with Gasteiger partial charge in [0.25, 0.3) is 15.9 Å².